The molecule has 0 fully saturated rings. The second-order valence-electron chi connectivity index (χ2n) is 6.92. The second-order valence-corrected chi connectivity index (χ2v) is 8.78. The van der Waals surface area contributed by atoms with Gasteiger partial charge in [-0.15, -0.1) is 0 Å². The molecule has 0 heterocycles. The minimum atomic E-state index is -4.02. The summed E-state index contributed by atoms with van der Waals surface area (Å²) in [5, 5.41) is 2.80. The number of anilines is 1. The van der Waals surface area contributed by atoms with Crippen LogP contribution in [0.15, 0.2) is 47.4 Å². The topological polar surface area (TPSA) is 84.9 Å². The normalized spacial score (nSPS) is 11.1. The fraction of sp³-hybridized carbons (Fsp3) is 0.409. The number of aryl methyl sites for hydroxylation is 1. The van der Waals surface area contributed by atoms with Gasteiger partial charge in [-0.05, 0) is 37.6 Å². The molecule has 0 spiro atoms. The Labute approximate surface area is 179 Å². The molecule has 0 bridgehead atoms. The smallest absolute Gasteiger partial charge is 0.264 e. The Hall–Kier alpha value is -2.74. The van der Waals surface area contributed by atoms with E-state index in [9.17, 15) is 13.2 Å². The molecule has 0 radical (unpaired) electrons. The third-order valence-electron chi connectivity index (χ3n) is 4.65. The van der Waals surface area contributed by atoms with Crippen molar-refractivity contribution >= 4 is 21.6 Å². The fourth-order valence-corrected chi connectivity index (χ4v) is 4.36. The van der Waals surface area contributed by atoms with E-state index >= 15 is 0 Å². The molecule has 0 saturated carbocycles. The Morgan fingerprint density at radius 3 is 2.27 bits per heavy atom. The lowest BCUT2D eigenvalue weighted by molar-refractivity contribution is -0.119. The van der Waals surface area contributed by atoms with Crippen LogP contribution in [-0.4, -0.2) is 41.6 Å². The lowest BCUT2D eigenvalue weighted by Gasteiger charge is -2.24. The molecule has 1 amide bonds. The molecule has 0 unspecified atom stereocenters. The van der Waals surface area contributed by atoms with Crippen molar-refractivity contribution in [3.05, 3.63) is 48.0 Å². The summed E-state index contributed by atoms with van der Waals surface area (Å²) in [4.78, 5) is 12.5. The molecule has 7 nitrogen and oxygen atoms in total. The average Bonchev–Trinajstić information content (AvgIpc) is 2.75. The number of ether oxygens (including phenoxy) is 2. The highest BCUT2D eigenvalue weighted by Crippen LogP contribution is 2.32. The number of sulfonamides is 1. The van der Waals surface area contributed by atoms with Crippen molar-refractivity contribution in [1.29, 1.82) is 0 Å². The number of hydrogen-bond donors (Lipinski definition) is 1. The molecule has 2 aromatic rings. The van der Waals surface area contributed by atoms with Crippen molar-refractivity contribution < 1.29 is 22.7 Å². The zero-order valence-electron chi connectivity index (χ0n) is 18.0. The summed E-state index contributed by atoms with van der Waals surface area (Å²) in [6.07, 6.45) is 2.90. The number of unbranched alkanes of at least 4 members (excludes halogenated alkanes) is 2. The number of benzene rings is 2. The number of rotatable bonds is 11. The summed E-state index contributed by atoms with van der Waals surface area (Å²) in [6.45, 7) is 4.20. The monoisotopic (exact) mass is 434 g/mol. The largest absolute Gasteiger partial charge is 0.493 e. The Balaban J connectivity index is 2.37. The third-order valence-corrected chi connectivity index (χ3v) is 6.42. The van der Waals surface area contributed by atoms with Crippen LogP contribution in [0, 0.1) is 6.92 Å². The molecule has 2 aromatic carbocycles. The summed E-state index contributed by atoms with van der Waals surface area (Å²) < 4.78 is 38.4. The highest BCUT2D eigenvalue weighted by atomic mass is 32.2. The molecule has 0 atom stereocenters. The molecule has 2 rings (SSSR count). The van der Waals surface area contributed by atoms with Gasteiger partial charge in [-0.3, -0.25) is 9.10 Å². The zero-order valence-corrected chi connectivity index (χ0v) is 18.8. The van der Waals surface area contributed by atoms with E-state index in [1.165, 1.54) is 32.4 Å². The van der Waals surface area contributed by atoms with E-state index in [0.29, 0.717) is 23.7 Å². The van der Waals surface area contributed by atoms with Crippen LogP contribution >= 0.6 is 0 Å². The molecule has 1 N–H and O–H groups in total. The van der Waals surface area contributed by atoms with Gasteiger partial charge in [-0.25, -0.2) is 8.42 Å². The SMILES string of the molecule is CCCCCNC(=O)CN(c1ccc(C)cc1)S(=O)(=O)c1ccc(OC)c(OC)c1. The first-order valence-corrected chi connectivity index (χ1v) is 11.4. The molecule has 0 aliphatic carbocycles. The van der Waals surface area contributed by atoms with E-state index in [4.69, 9.17) is 9.47 Å². The Bertz CT molecular complexity index is 943. The van der Waals surface area contributed by atoms with Crippen molar-refractivity contribution in [2.24, 2.45) is 0 Å². The number of carbonyl (C=O) groups excluding carboxylic acids is 1. The van der Waals surface area contributed by atoms with Gasteiger partial charge in [0.2, 0.25) is 5.91 Å². The lowest BCUT2D eigenvalue weighted by Crippen LogP contribution is -2.41. The van der Waals surface area contributed by atoms with E-state index in [1.807, 2.05) is 19.1 Å². The summed E-state index contributed by atoms with van der Waals surface area (Å²) in [5.41, 5.74) is 1.41. The van der Waals surface area contributed by atoms with Crippen LogP contribution in [0.5, 0.6) is 11.5 Å². The van der Waals surface area contributed by atoms with Crippen LogP contribution < -0.4 is 19.1 Å². The van der Waals surface area contributed by atoms with Gasteiger partial charge in [-0.1, -0.05) is 37.5 Å². The lowest BCUT2D eigenvalue weighted by atomic mass is 10.2. The first-order valence-electron chi connectivity index (χ1n) is 9.91. The number of carbonyl (C=O) groups is 1. The highest BCUT2D eigenvalue weighted by Gasteiger charge is 2.28. The molecule has 0 aromatic heterocycles. The van der Waals surface area contributed by atoms with Gasteiger partial charge < -0.3 is 14.8 Å². The predicted molar refractivity (Wildman–Crippen MR) is 118 cm³/mol. The van der Waals surface area contributed by atoms with Crippen molar-refractivity contribution in [1.82, 2.24) is 5.32 Å². The maximum absolute atomic E-state index is 13.4. The zero-order chi connectivity index (χ0) is 22.1. The van der Waals surface area contributed by atoms with E-state index < -0.39 is 10.0 Å². The minimum Gasteiger partial charge on any atom is -0.493 e. The molecule has 0 aliphatic heterocycles. The summed E-state index contributed by atoms with van der Waals surface area (Å²) in [5.74, 6) is 0.370. The van der Waals surface area contributed by atoms with Gasteiger partial charge in [0.25, 0.3) is 10.0 Å². The van der Waals surface area contributed by atoms with Crippen LogP contribution in [0.25, 0.3) is 0 Å². The predicted octanol–water partition coefficient (Wildman–Crippen LogP) is 3.51. The van der Waals surface area contributed by atoms with Gasteiger partial charge >= 0.3 is 0 Å². The van der Waals surface area contributed by atoms with E-state index in [0.717, 1.165) is 29.1 Å². The summed E-state index contributed by atoms with van der Waals surface area (Å²) in [7, 11) is -1.10. The van der Waals surface area contributed by atoms with Crippen molar-refractivity contribution in [3.63, 3.8) is 0 Å². The van der Waals surface area contributed by atoms with Crippen LogP contribution in [0.3, 0.4) is 0 Å². The number of nitrogens with one attached hydrogen (secondary N) is 1. The maximum atomic E-state index is 13.4. The molecule has 0 aliphatic rings. The van der Waals surface area contributed by atoms with Crippen LogP contribution in [-0.2, 0) is 14.8 Å². The Morgan fingerprint density at radius 2 is 1.67 bits per heavy atom. The number of hydrogen-bond acceptors (Lipinski definition) is 5. The first-order chi connectivity index (χ1) is 14.3. The molecule has 8 heteroatoms. The Kier molecular flexibility index (Phi) is 8.53. The van der Waals surface area contributed by atoms with E-state index in [2.05, 4.69) is 12.2 Å². The van der Waals surface area contributed by atoms with Gasteiger partial charge in [0.1, 0.15) is 6.54 Å². The standard InChI is InChI=1S/C22H30N2O5S/c1-5-6-7-14-23-22(25)16-24(18-10-8-17(2)9-11-18)30(26,27)19-12-13-20(28-3)21(15-19)29-4/h8-13,15H,5-7,14,16H2,1-4H3,(H,23,25). The first kappa shape index (κ1) is 23.5. The van der Waals surface area contributed by atoms with Crippen LogP contribution in [0.2, 0.25) is 0 Å². The van der Waals surface area contributed by atoms with E-state index in [1.54, 1.807) is 12.1 Å². The molecule has 0 saturated heterocycles. The molecular weight excluding hydrogens is 404 g/mol. The van der Waals surface area contributed by atoms with Crippen LogP contribution in [0.1, 0.15) is 31.7 Å². The van der Waals surface area contributed by atoms with Gasteiger partial charge in [0.15, 0.2) is 11.5 Å². The number of nitrogens with zero attached hydrogens (tertiary/aromatic N) is 1. The quantitative estimate of drug-likeness (QED) is 0.547. The molecular formula is C22H30N2O5S. The summed E-state index contributed by atoms with van der Waals surface area (Å²) >= 11 is 0. The number of amides is 1. The van der Waals surface area contributed by atoms with Crippen molar-refractivity contribution in [2.75, 3.05) is 31.6 Å². The summed E-state index contributed by atoms with van der Waals surface area (Å²) in [6, 6.07) is 11.4. The van der Waals surface area contributed by atoms with Gasteiger partial charge in [-0.2, -0.15) is 0 Å². The third kappa shape index (κ3) is 5.89. The van der Waals surface area contributed by atoms with E-state index in [-0.39, 0.29) is 17.3 Å². The average molecular weight is 435 g/mol. The second kappa shape index (κ2) is 10.9. The van der Waals surface area contributed by atoms with Crippen molar-refractivity contribution in [3.8, 4) is 11.5 Å². The molecule has 164 valence electrons. The minimum absolute atomic E-state index is 0.0134. The highest BCUT2D eigenvalue weighted by molar-refractivity contribution is 7.92. The molecule has 30 heavy (non-hydrogen) atoms. The Morgan fingerprint density at radius 1 is 1.00 bits per heavy atom. The van der Waals surface area contributed by atoms with Crippen molar-refractivity contribution in [2.45, 2.75) is 38.0 Å². The van der Waals surface area contributed by atoms with Gasteiger partial charge in [0.05, 0.1) is 24.8 Å². The maximum Gasteiger partial charge on any atom is 0.264 e. The van der Waals surface area contributed by atoms with Gasteiger partial charge in [0, 0.05) is 12.6 Å². The number of methoxy groups -OCH3 is 2. The van der Waals surface area contributed by atoms with Crippen LogP contribution in [0.4, 0.5) is 5.69 Å². The fourth-order valence-electron chi connectivity index (χ4n) is 2.92.